The molecule has 0 saturated carbocycles. The SMILES string of the molecule is C=CC(=C)CC/C=C(\C)CC/C=C(\C)C=C. The van der Waals surface area contributed by atoms with E-state index in [4.69, 9.17) is 0 Å². The van der Waals surface area contributed by atoms with Crippen LogP contribution in [0.5, 0.6) is 0 Å². The van der Waals surface area contributed by atoms with Crippen molar-refractivity contribution in [3.63, 3.8) is 0 Å². The Morgan fingerprint density at radius 1 is 0.938 bits per heavy atom. The van der Waals surface area contributed by atoms with Gasteiger partial charge in [-0.2, -0.15) is 0 Å². The molecule has 0 aromatic rings. The second kappa shape index (κ2) is 8.96. The van der Waals surface area contributed by atoms with Crippen molar-refractivity contribution < 1.29 is 0 Å². The molecule has 0 radical (unpaired) electrons. The number of hydrogen-bond donors (Lipinski definition) is 0. The Bertz CT molecular complexity index is 300. The van der Waals surface area contributed by atoms with Crippen molar-refractivity contribution in [3.05, 3.63) is 60.8 Å². The lowest BCUT2D eigenvalue weighted by Crippen LogP contribution is -1.80. The van der Waals surface area contributed by atoms with E-state index in [1.165, 1.54) is 11.1 Å². The molecule has 0 amide bonds. The van der Waals surface area contributed by atoms with E-state index >= 15 is 0 Å². The van der Waals surface area contributed by atoms with Crippen LogP contribution in [0.15, 0.2) is 60.8 Å². The second-order valence-corrected chi connectivity index (χ2v) is 4.14. The lowest BCUT2D eigenvalue weighted by Gasteiger charge is -2.00. The van der Waals surface area contributed by atoms with E-state index < -0.39 is 0 Å². The monoisotopic (exact) mass is 216 g/mol. The Morgan fingerprint density at radius 2 is 1.56 bits per heavy atom. The molecular formula is C16H24. The van der Waals surface area contributed by atoms with Gasteiger partial charge in [0.1, 0.15) is 0 Å². The summed E-state index contributed by atoms with van der Waals surface area (Å²) in [5, 5.41) is 0. The smallest absolute Gasteiger partial charge is 0.0250 e. The summed E-state index contributed by atoms with van der Waals surface area (Å²) >= 11 is 0. The molecule has 0 aromatic heterocycles. The molecule has 0 aliphatic carbocycles. The van der Waals surface area contributed by atoms with Crippen molar-refractivity contribution in [1.29, 1.82) is 0 Å². The molecule has 0 saturated heterocycles. The van der Waals surface area contributed by atoms with Gasteiger partial charge in [0.05, 0.1) is 0 Å². The first-order valence-electron chi connectivity index (χ1n) is 5.85. The van der Waals surface area contributed by atoms with Gasteiger partial charge in [0.2, 0.25) is 0 Å². The fourth-order valence-corrected chi connectivity index (χ4v) is 1.32. The van der Waals surface area contributed by atoms with Crippen LogP contribution in [0.1, 0.15) is 39.5 Å². The lowest BCUT2D eigenvalue weighted by molar-refractivity contribution is 0.931. The number of allylic oxidation sites excluding steroid dienone is 7. The summed E-state index contributed by atoms with van der Waals surface area (Å²) in [5.41, 5.74) is 3.82. The highest BCUT2D eigenvalue weighted by molar-refractivity contribution is 5.14. The van der Waals surface area contributed by atoms with Crippen LogP contribution in [-0.4, -0.2) is 0 Å². The molecule has 0 N–H and O–H groups in total. The van der Waals surface area contributed by atoms with E-state index in [1.807, 2.05) is 12.2 Å². The minimum atomic E-state index is 1.02. The van der Waals surface area contributed by atoms with E-state index in [2.05, 4.69) is 45.7 Å². The van der Waals surface area contributed by atoms with Crippen LogP contribution < -0.4 is 0 Å². The minimum absolute atomic E-state index is 1.02. The molecule has 88 valence electrons. The molecule has 0 aliphatic heterocycles. The van der Waals surface area contributed by atoms with Crippen molar-refractivity contribution in [2.24, 2.45) is 0 Å². The largest absolute Gasteiger partial charge is 0.0988 e. The van der Waals surface area contributed by atoms with Gasteiger partial charge in [-0.1, -0.05) is 60.8 Å². The Labute approximate surface area is 101 Å². The normalized spacial score (nSPS) is 12.4. The Kier molecular flexibility index (Phi) is 8.24. The summed E-state index contributed by atoms with van der Waals surface area (Å²) in [6, 6.07) is 0. The van der Waals surface area contributed by atoms with Crippen molar-refractivity contribution >= 4 is 0 Å². The highest BCUT2D eigenvalue weighted by atomic mass is 14.0. The van der Waals surface area contributed by atoms with Gasteiger partial charge in [-0.05, 0) is 39.5 Å². The predicted octanol–water partition coefficient (Wildman–Crippen LogP) is 5.37. The van der Waals surface area contributed by atoms with Gasteiger partial charge in [-0.25, -0.2) is 0 Å². The van der Waals surface area contributed by atoms with Gasteiger partial charge in [-0.3, -0.25) is 0 Å². The molecule has 0 atom stereocenters. The van der Waals surface area contributed by atoms with Crippen LogP contribution in [0.4, 0.5) is 0 Å². The van der Waals surface area contributed by atoms with Crippen LogP contribution in [-0.2, 0) is 0 Å². The fraction of sp³-hybridized carbons (Fsp3) is 0.375. The zero-order chi connectivity index (χ0) is 12.4. The Balaban J connectivity index is 3.83. The van der Waals surface area contributed by atoms with Crippen molar-refractivity contribution in [2.75, 3.05) is 0 Å². The van der Waals surface area contributed by atoms with E-state index in [1.54, 1.807) is 0 Å². The van der Waals surface area contributed by atoms with Gasteiger partial charge in [0.25, 0.3) is 0 Å². The molecule has 0 nitrogen and oxygen atoms in total. The number of hydrogen-bond acceptors (Lipinski definition) is 0. The van der Waals surface area contributed by atoms with Crippen LogP contribution >= 0.6 is 0 Å². The highest BCUT2D eigenvalue weighted by Crippen LogP contribution is 2.11. The molecule has 0 unspecified atom stereocenters. The zero-order valence-corrected chi connectivity index (χ0v) is 10.8. The Hall–Kier alpha value is -1.30. The van der Waals surface area contributed by atoms with E-state index in [0.717, 1.165) is 31.3 Å². The average Bonchev–Trinajstić information content (AvgIpc) is 2.28. The third kappa shape index (κ3) is 8.05. The standard InChI is InChI=1S/C16H24/c1-6-14(3)10-8-12-16(5)13-9-11-15(4)7-2/h6-7,11-12H,1-3,8-10,13H2,4-5H3/b15-11+,16-12+. The molecule has 0 rings (SSSR count). The van der Waals surface area contributed by atoms with Crippen LogP contribution in [0, 0.1) is 0 Å². The summed E-state index contributed by atoms with van der Waals surface area (Å²) in [4.78, 5) is 0. The van der Waals surface area contributed by atoms with Crippen molar-refractivity contribution in [2.45, 2.75) is 39.5 Å². The van der Waals surface area contributed by atoms with Crippen molar-refractivity contribution in [1.82, 2.24) is 0 Å². The molecule has 0 heteroatoms. The first kappa shape index (κ1) is 14.7. The summed E-state index contributed by atoms with van der Waals surface area (Å²) in [5.74, 6) is 0. The first-order valence-corrected chi connectivity index (χ1v) is 5.85. The van der Waals surface area contributed by atoms with Gasteiger partial charge in [0.15, 0.2) is 0 Å². The maximum atomic E-state index is 3.90. The molecule has 0 aliphatic rings. The van der Waals surface area contributed by atoms with E-state index in [-0.39, 0.29) is 0 Å². The zero-order valence-electron chi connectivity index (χ0n) is 10.8. The lowest BCUT2D eigenvalue weighted by atomic mass is 10.1. The minimum Gasteiger partial charge on any atom is -0.0988 e. The van der Waals surface area contributed by atoms with Crippen LogP contribution in [0.3, 0.4) is 0 Å². The second-order valence-electron chi connectivity index (χ2n) is 4.14. The number of rotatable bonds is 8. The van der Waals surface area contributed by atoms with Gasteiger partial charge < -0.3 is 0 Å². The first-order chi connectivity index (χ1) is 7.60. The molecular weight excluding hydrogens is 192 g/mol. The maximum Gasteiger partial charge on any atom is -0.0250 e. The summed E-state index contributed by atoms with van der Waals surface area (Å²) in [6.45, 7) is 15.6. The molecule has 0 spiro atoms. The molecule has 16 heavy (non-hydrogen) atoms. The van der Waals surface area contributed by atoms with Gasteiger partial charge in [-0.15, -0.1) is 0 Å². The quantitative estimate of drug-likeness (QED) is 0.378. The predicted molar refractivity (Wildman–Crippen MR) is 75.5 cm³/mol. The maximum absolute atomic E-state index is 3.90. The van der Waals surface area contributed by atoms with E-state index in [0.29, 0.717) is 0 Å². The van der Waals surface area contributed by atoms with Gasteiger partial charge in [0, 0.05) is 0 Å². The fourth-order valence-electron chi connectivity index (χ4n) is 1.32. The highest BCUT2D eigenvalue weighted by Gasteiger charge is 1.90. The third-order valence-corrected chi connectivity index (χ3v) is 2.57. The molecule has 0 heterocycles. The Morgan fingerprint density at radius 3 is 2.12 bits per heavy atom. The van der Waals surface area contributed by atoms with Crippen LogP contribution in [0.25, 0.3) is 0 Å². The van der Waals surface area contributed by atoms with Crippen LogP contribution in [0.2, 0.25) is 0 Å². The average molecular weight is 216 g/mol. The molecule has 0 fully saturated rings. The van der Waals surface area contributed by atoms with E-state index in [9.17, 15) is 0 Å². The third-order valence-electron chi connectivity index (χ3n) is 2.57. The summed E-state index contributed by atoms with van der Waals surface area (Å²) < 4.78 is 0. The topological polar surface area (TPSA) is 0 Å². The summed E-state index contributed by atoms with van der Waals surface area (Å²) in [6.07, 6.45) is 12.6. The summed E-state index contributed by atoms with van der Waals surface area (Å²) in [7, 11) is 0. The molecule has 0 bridgehead atoms. The van der Waals surface area contributed by atoms with Crippen molar-refractivity contribution in [3.8, 4) is 0 Å². The molecule has 0 aromatic carbocycles. The van der Waals surface area contributed by atoms with Gasteiger partial charge >= 0.3 is 0 Å².